The summed E-state index contributed by atoms with van der Waals surface area (Å²) < 4.78 is 5.84. The number of hydrogen-bond donors (Lipinski definition) is 2. The molecule has 30 heavy (non-hydrogen) atoms. The number of aryl methyl sites for hydroxylation is 1. The van der Waals surface area contributed by atoms with Gasteiger partial charge in [-0.05, 0) is 67.1 Å². The highest BCUT2D eigenvalue weighted by molar-refractivity contribution is 6.31. The number of nitrogens with one attached hydrogen (secondary N) is 1. The van der Waals surface area contributed by atoms with Gasteiger partial charge in [0.25, 0.3) is 5.91 Å². The number of amides is 1. The minimum absolute atomic E-state index is 0.328. The summed E-state index contributed by atoms with van der Waals surface area (Å²) in [6.07, 6.45) is 4.30. The van der Waals surface area contributed by atoms with Crippen molar-refractivity contribution in [1.82, 2.24) is 4.98 Å². The van der Waals surface area contributed by atoms with Gasteiger partial charge in [-0.2, -0.15) is 0 Å². The Morgan fingerprint density at radius 3 is 2.70 bits per heavy atom. The lowest BCUT2D eigenvalue weighted by molar-refractivity contribution is -0.117. The van der Waals surface area contributed by atoms with E-state index in [1.165, 1.54) is 12.2 Å². The maximum Gasteiger partial charge on any atom is 0.259 e. The molecule has 3 aromatic rings. The monoisotopic (exact) mass is 422 g/mol. The molecule has 1 amide bonds. The predicted molar refractivity (Wildman–Crippen MR) is 116 cm³/mol. The fourth-order valence-electron chi connectivity index (χ4n) is 2.60. The highest BCUT2D eigenvalue weighted by atomic mass is 35.5. The maximum absolute atomic E-state index is 12.9. The number of carbonyl (C=O) groups is 2. The van der Waals surface area contributed by atoms with Gasteiger partial charge in [-0.1, -0.05) is 23.7 Å². The number of pyridine rings is 1. The first-order valence-corrected chi connectivity index (χ1v) is 9.46. The molecule has 0 aliphatic carbocycles. The standard InChI is InChI=1S/C23H19ClN2O4/c1-15-6-10-19(13-25-15)30-22-5-3-2-4-20(22)23(29)26-21-11-8-17(24)12-16(21)7-9-18(28)14-27/h2-13,27H,14H2,1H3,(H,26,29)/b9-7+. The Hall–Kier alpha value is -3.48. The van der Waals surface area contributed by atoms with E-state index in [1.54, 1.807) is 54.7 Å². The number of carbonyl (C=O) groups excluding carboxylic acids is 2. The molecule has 0 saturated heterocycles. The molecule has 0 fully saturated rings. The molecule has 0 aliphatic rings. The molecule has 0 spiro atoms. The number of hydrogen-bond acceptors (Lipinski definition) is 5. The molecule has 0 aliphatic heterocycles. The van der Waals surface area contributed by atoms with E-state index in [0.29, 0.717) is 33.3 Å². The molecule has 2 aromatic carbocycles. The van der Waals surface area contributed by atoms with Crippen molar-refractivity contribution in [3.05, 3.63) is 88.7 Å². The second kappa shape index (κ2) is 9.82. The number of aromatic nitrogens is 1. The van der Waals surface area contributed by atoms with Crippen LogP contribution in [0.1, 0.15) is 21.6 Å². The van der Waals surface area contributed by atoms with Crippen LogP contribution in [0.3, 0.4) is 0 Å². The van der Waals surface area contributed by atoms with Gasteiger partial charge in [0.05, 0.1) is 11.8 Å². The quantitative estimate of drug-likeness (QED) is 0.540. The predicted octanol–water partition coefficient (Wildman–Crippen LogP) is 4.66. The van der Waals surface area contributed by atoms with Gasteiger partial charge in [0.2, 0.25) is 0 Å². The fourth-order valence-corrected chi connectivity index (χ4v) is 2.78. The van der Waals surface area contributed by atoms with E-state index in [9.17, 15) is 9.59 Å². The zero-order valence-corrected chi connectivity index (χ0v) is 16.9. The summed E-state index contributed by atoms with van der Waals surface area (Å²) in [5, 5.41) is 12.1. The van der Waals surface area contributed by atoms with Crippen molar-refractivity contribution in [2.75, 3.05) is 11.9 Å². The molecule has 2 N–H and O–H groups in total. The van der Waals surface area contributed by atoms with Crippen molar-refractivity contribution in [3.8, 4) is 11.5 Å². The smallest absolute Gasteiger partial charge is 0.259 e. The Labute approximate surface area is 178 Å². The Bertz CT molecular complexity index is 1090. The van der Waals surface area contributed by atoms with Gasteiger partial charge in [-0.15, -0.1) is 0 Å². The van der Waals surface area contributed by atoms with Crippen LogP contribution in [-0.2, 0) is 4.79 Å². The average molecular weight is 423 g/mol. The van der Waals surface area contributed by atoms with Crippen LogP contribution in [0.25, 0.3) is 6.08 Å². The summed E-state index contributed by atoms with van der Waals surface area (Å²) in [6, 6.07) is 15.3. The molecular weight excluding hydrogens is 404 g/mol. The number of para-hydroxylation sites is 1. The van der Waals surface area contributed by atoms with Gasteiger partial charge in [0, 0.05) is 16.4 Å². The van der Waals surface area contributed by atoms with Crippen LogP contribution in [0.2, 0.25) is 5.02 Å². The number of ether oxygens (including phenoxy) is 1. The molecule has 0 saturated carbocycles. The normalized spacial score (nSPS) is 10.8. The van der Waals surface area contributed by atoms with Crippen molar-refractivity contribution in [1.29, 1.82) is 0 Å². The first-order valence-electron chi connectivity index (χ1n) is 9.08. The molecule has 0 unspecified atom stereocenters. The van der Waals surface area contributed by atoms with Crippen molar-refractivity contribution in [2.24, 2.45) is 0 Å². The molecule has 3 rings (SSSR count). The zero-order chi connectivity index (χ0) is 21.5. The van der Waals surface area contributed by atoms with E-state index in [0.717, 1.165) is 5.69 Å². The summed E-state index contributed by atoms with van der Waals surface area (Å²) in [7, 11) is 0. The van der Waals surface area contributed by atoms with Gasteiger partial charge in [-0.3, -0.25) is 14.6 Å². The molecule has 6 nitrogen and oxygen atoms in total. The summed E-state index contributed by atoms with van der Waals surface area (Å²) >= 11 is 6.04. The summed E-state index contributed by atoms with van der Waals surface area (Å²) in [4.78, 5) is 28.5. The van der Waals surface area contributed by atoms with Crippen molar-refractivity contribution >= 4 is 35.1 Å². The minimum Gasteiger partial charge on any atom is -0.455 e. The Morgan fingerprint density at radius 2 is 1.97 bits per heavy atom. The van der Waals surface area contributed by atoms with Crippen molar-refractivity contribution < 1.29 is 19.4 Å². The number of aliphatic hydroxyl groups excluding tert-OH is 1. The topological polar surface area (TPSA) is 88.5 Å². The van der Waals surface area contributed by atoms with Gasteiger partial charge in [-0.25, -0.2) is 0 Å². The van der Waals surface area contributed by atoms with E-state index >= 15 is 0 Å². The highest BCUT2D eigenvalue weighted by Gasteiger charge is 2.15. The minimum atomic E-state index is -0.600. The molecule has 152 valence electrons. The van der Waals surface area contributed by atoms with E-state index < -0.39 is 18.3 Å². The van der Waals surface area contributed by atoms with Crippen LogP contribution in [0.5, 0.6) is 11.5 Å². The number of ketones is 1. The first kappa shape index (κ1) is 21.2. The van der Waals surface area contributed by atoms with E-state index in [1.807, 2.05) is 13.0 Å². The van der Waals surface area contributed by atoms with Crippen LogP contribution in [0.15, 0.2) is 66.9 Å². The summed E-state index contributed by atoms with van der Waals surface area (Å²) in [5.41, 5.74) is 2.17. The fraction of sp³-hybridized carbons (Fsp3) is 0.0870. The molecule has 1 heterocycles. The van der Waals surface area contributed by atoms with Crippen molar-refractivity contribution in [3.63, 3.8) is 0 Å². The van der Waals surface area contributed by atoms with Crippen LogP contribution < -0.4 is 10.1 Å². The van der Waals surface area contributed by atoms with Gasteiger partial charge >= 0.3 is 0 Å². The molecule has 1 aromatic heterocycles. The van der Waals surface area contributed by atoms with Gasteiger partial charge in [0.1, 0.15) is 18.1 Å². The third kappa shape index (κ3) is 5.53. The van der Waals surface area contributed by atoms with Crippen LogP contribution in [-0.4, -0.2) is 28.4 Å². The number of halogens is 1. The lowest BCUT2D eigenvalue weighted by Crippen LogP contribution is -2.14. The van der Waals surface area contributed by atoms with Crippen molar-refractivity contribution in [2.45, 2.75) is 6.92 Å². The summed E-state index contributed by atoms with van der Waals surface area (Å²) in [6.45, 7) is 1.27. The second-order valence-electron chi connectivity index (χ2n) is 6.38. The third-order valence-electron chi connectivity index (χ3n) is 4.11. The largest absolute Gasteiger partial charge is 0.455 e. The molecule has 0 atom stereocenters. The number of anilines is 1. The number of rotatable bonds is 7. The Morgan fingerprint density at radius 1 is 1.17 bits per heavy atom. The van der Waals surface area contributed by atoms with Crippen LogP contribution in [0.4, 0.5) is 5.69 Å². The van der Waals surface area contributed by atoms with Crippen LogP contribution in [0, 0.1) is 6.92 Å². The molecule has 0 radical (unpaired) electrons. The number of nitrogens with zero attached hydrogens (tertiary/aromatic N) is 1. The zero-order valence-electron chi connectivity index (χ0n) is 16.1. The lowest BCUT2D eigenvalue weighted by atomic mass is 10.1. The van der Waals surface area contributed by atoms with Gasteiger partial charge < -0.3 is 15.2 Å². The van der Waals surface area contributed by atoms with E-state index in [2.05, 4.69) is 10.3 Å². The average Bonchev–Trinajstić information content (AvgIpc) is 2.75. The second-order valence-corrected chi connectivity index (χ2v) is 6.81. The SMILES string of the molecule is Cc1ccc(Oc2ccccc2C(=O)Nc2ccc(Cl)cc2/C=C/C(=O)CO)cn1. The number of aliphatic hydroxyl groups is 1. The Kier molecular flexibility index (Phi) is 6.95. The lowest BCUT2D eigenvalue weighted by Gasteiger charge is -2.13. The molecule has 7 heteroatoms. The number of benzene rings is 2. The third-order valence-corrected chi connectivity index (χ3v) is 4.35. The Balaban J connectivity index is 1.86. The maximum atomic E-state index is 12.9. The molecular formula is C23H19ClN2O4. The first-order chi connectivity index (χ1) is 14.5. The van der Waals surface area contributed by atoms with E-state index in [-0.39, 0.29) is 0 Å². The molecule has 0 bridgehead atoms. The summed E-state index contributed by atoms with van der Waals surface area (Å²) in [5.74, 6) is 0.0366. The highest BCUT2D eigenvalue weighted by Crippen LogP contribution is 2.27. The van der Waals surface area contributed by atoms with E-state index in [4.69, 9.17) is 21.4 Å². The van der Waals surface area contributed by atoms with Crippen LogP contribution >= 0.6 is 11.6 Å². The van der Waals surface area contributed by atoms with Gasteiger partial charge in [0.15, 0.2) is 5.78 Å².